The molecule has 1 aromatic rings. The predicted octanol–water partition coefficient (Wildman–Crippen LogP) is 2.12. The van der Waals surface area contributed by atoms with Gasteiger partial charge in [0.2, 0.25) is 5.91 Å². The van der Waals surface area contributed by atoms with Gasteiger partial charge in [-0.05, 0) is 24.8 Å². The number of rotatable bonds is 4. The van der Waals surface area contributed by atoms with E-state index in [1.807, 2.05) is 37.3 Å². The van der Waals surface area contributed by atoms with E-state index >= 15 is 0 Å². The molecule has 2 unspecified atom stereocenters. The van der Waals surface area contributed by atoms with Gasteiger partial charge in [-0.25, -0.2) is 0 Å². The van der Waals surface area contributed by atoms with Gasteiger partial charge in [0.05, 0.1) is 6.54 Å². The third-order valence-corrected chi connectivity index (χ3v) is 3.63. The highest BCUT2D eigenvalue weighted by Crippen LogP contribution is 2.22. The van der Waals surface area contributed by atoms with Gasteiger partial charge in [-0.2, -0.15) is 0 Å². The lowest BCUT2D eigenvalue weighted by Crippen LogP contribution is -2.56. The fourth-order valence-corrected chi connectivity index (χ4v) is 2.72. The van der Waals surface area contributed by atoms with Gasteiger partial charge in [-0.1, -0.05) is 44.2 Å². The minimum atomic E-state index is -0.549. The Morgan fingerprint density at radius 2 is 1.85 bits per heavy atom. The van der Waals surface area contributed by atoms with Gasteiger partial charge in [0.25, 0.3) is 5.91 Å². The molecule has 2 atom stereocenters. The molecule has 0 bridgehead atoms. The molecule has 0 aliphatic carbocycles. The van der Waals surface area contributed by atoms with Crippen molar-refractivity contribution in [2.45, 2.75) is 39.3 Å². The van der Waals surface area contributed by atoms with Crippen LogP contribution in [0.4, 0.5) is 0 Å². The van der Waals surface area contributed by atoms with Crippen LogP contribution in [0.5, 0.6) is 0 Å². The number of carbonyl (C=O) groups excluding carboxylic acids is 2. The summed E-state index contributed by atoms with van der Waals surface area (Å²) in [5, 5.41) is 2.79. The highest BCUT2D eigenvalue weighted by atomic mass is 16.2. The molecule has 0 spiro atoms. The summed E-state index contributed by atoms with van der Waals surface area (Å²) in [6.45, 7) is 6.42. The molecule has 1 aliphatic rings. The maximum absolute atomic E-state index is 12.6. The van der Waals surface area contributed by atoms with E-state index in [1.54, 1.807) is 4.90 Å². The zero-order valence-electron chi connectivity index (χ0n) is 12.3. The summed E-state index contributed by atoms with van der Waals surface area (Å²) in [6.07, 6.45) is 0.903. The van der Waals surface area contributed by atoms with Gasteiger partial charge in [-0.15, -0.1) is 0 Å². The van der Waals surface area contributed by atoms with E-state index < -0.39 is 6.04 Å². The van der Waals surface area contributed by atoms with Gasteiger partial charge in [0.1, 0.15) is 6.04 Å². The second-order valence-corrected chi connectivity index (χ2v) is 5.86. The Morgan fingerprint density at radius 1 is 1.20 bits per heavy atom. The monoisotopic (exact) mass is 274 g/mol. The van der Waals surface area contributed by atoms with Crippen molar-refractivity contribution in [3.63, 3.8) is 0 Å². The fraction of sp³-hybridized carbons (Fsp3) is 0.500. The smallest absolute Gasteiger partial charge is 0.250 e. The van der Waals surface area contributed by atoms with Gasteiger partial charge in [0.15, 0.2) is 0 Å². The van der Waals surface area contributed by atoms with Gasteiger partial charge < -0.3 is 10.2 Å². The van der Waals surface area contributed by atoms with Gasteiger partial charge in [-0.3, -0.25) is 9.59 Å². The average Bonchev–Trinajstić information content (AvgIpc) is 2.41. The van der Waals surface area contributed by atoms with Crippen LogP contribution in [0.2, 0.25) is 0 Å². The molecule has 108 valence electrons. The van der Waals surface area contributed by atoms with Crippen molar-refractivity contribution in [3.05, 3.63) is 35.9 Å². The number of nitrogens with zero attached hydrogens (tertiary/aromatic N) is 1. The lowest BCUT2D eigenvalue weighted by atomic mass is 9.99. The number of piperazine rings is 1. The van der Waals surface area contributed by atoms with E-state index in [0.717, 1.165) is 12.0 Å². The van der Waals surface area contributed by atoms with Crippen LogP contribution in [-0.2, 0) is 9.59 Å². The zero-order chi connectivity index (χ0) is 14.7. The van der Waals surface area contributed by atoms with E-state index in [1.165, 1.54) is 0 Å². The molecule has 1 heterocycles. The van der Waals surface area contributed by atoms with Crippen molar-refractivity contribution < 1.29 is 9.59 Å². The van der Waals surface area contributed by atoms with Gasteiger partial charge in [0, 0.05) is 6.04 Å². The number of hydrogen-bond acceptors (Lipinski definition) is 2. The van der Waals surface area contributed by atoms with Crippen molar-refractivity contribution in [2.75, 3.05) is 6.54 Å². The third-order valence-electron chi connectivity index (χ3n) is 3.63. The van der Waals surface area contributed by atoms with Crippen LogP contribution < -0.4 is 5.32 Å². The third kappa shape index (κ3) is 3.18. The summed E-state index contributed by atoms with van der Waals surface area (Å²) >= 11 is 0. The van der Waals surface area contributed by atoms with E-state index in [2.05, 4.69) is 19.2 Å². The quantitative estimate of drug-likeness (QED) is 0.914. The fourth-order valence-electron chi connectivity index (χ4n) is 2.72. The van der Waals surface area contributed by atoms with E-state index in [0.29, 0.717) is 5.92 Å². The highest BCUT2D eigenvalue weighted by molar-refractivity contribution is 5.95. The first-order chi connectivity index (χ1) is 9.49. The molecule has 0 aromatic heterocycles. The second kappa shape index (κ2) is 6.07. The van der Waals surface area contributed by atoms with Crippen LogP contribution in [-0.4, -0.2) is 29.3 Å². The maximum Gasteiger partial charge on any atom is 0.250 e. The first kappa shape index (κ1) is 14.6. The summed E-state index contributed by atoms with van der Waals surface area (Å²) < 4.78 is 0. The molecule has 1 fully saturated rings. The first-order valence-corrected chi connectivity index (χ1v) is 7.14. The molecule has 1 aromatic carbocycles. The Balaban J connectivity index is 2.19. The molecule has 1 saturated heterocycles. The lowest BCUT2D eigenvalue weighted by molar-refractivity contribution is -0.146. The Labute approximate surface area is 120 Å². The minimum Gasteiger partial charge on any atom is -0.339 e. The van der Waals surface area contributed by atoms with Crippen LogP contribution in [0.15, 0.2) is 30.3 Å². The summed E-state index contributed by atoms with van der Waals surface area (Å²) in [5.41, 5.74) is 0.840. The number of amides is 2. The number of hydrogen-bond donors (Lipinski definition) is 1. The average molecular weight is 274 g/mol. The molecule has 1 aliphatic heterocycles. The molecule has 2 rings (SSSR count). The molecule has 4 heteroatoms. The zero-order valence-corrected chi connectivity index (χ0v) is 12.3. The Kier molecular flexibility index (Phi) is 4.42. The van der Waals surface area contributed by atoms with E-state index in [9.17, 15) is 9.59 Å². The van der Waals surface area contributed by atoms with Crippen molar-refractivity contribution in [2.24, 2.45) is 5.92 Å². The summed E-state index contributed by atoms with van der Waals surface area (Å²) in [6, 6.07) is 8.94. The number of carbonyl (C=O) groups is 2. The molecular formula is C16H22N2O2. The molecule has 0 radical (unpaired) electrons. The van der Waals surface area contributed by atoms with Crippen molar-refractivity contribution in [3.8, 4) is 0 Å². The maximum atomic E-state index is 12.6. The van der Waals surface area contributed by atoms with Crippen molar-refractivity contribution in [1.82, 2.24) is 10.2 Å². The summed E-state index contributed by atoms with van der Waals surface area (Å²) in [7, 11) is 0. The van der Waals surface area contributed by atoms with Crippen molar-refractivity contribution in [1.29, 1.82) is 0 Å². The van der Waals surface area contributed by atoms with E-state index in [4.69, 9.17) is 0 Å². The Morgan fingerprint density at radius 3 is 2.45 bits per heavy atom. The Bertz CT molecular complexity index is 485. The van der Waals surface area contributed by atoms with Gasteiger partial charge >= 0.3 is 0 Å². The predicted molar refractivity (Wildman–Crippen MR) is 78.0 cm³/mol. The normalized spacial score (nSPS) is 21.0. The lowest BCUT2D eigenvalue weighted by Gasteiger charge is -2.37. The summed E-state index contributed by atoms with van der Waals surface area (Å²) in [4.78, 5) is 26.2. The molecule has 1 N–H and O–H groups in total. The molecule has 4 nitrogen and oxygen atoms in total. The van der Waals surface area contributed by atoms with Crippen LogP contribution in [0.1, 0.15) is 38.8 Å². The SMILES string of the molecule is CC(C)CC(C)N1CC(=O)NC(c2ccccc2)C1=O. The first-order valence-electron chi connectivity index (χ1n) is 7.14. The topological polar surface area (TPSA) is 49.4 Å². The largest absolute Gasteiger partial charge is 0.339 e. The number of benzene rings is 1. The molecule has 2 amide bonds. The Hall–Kier alpha value is -1.84. The van der Waals surface area contributed by atoms with Crippen LogP contribution in [0.25, 0.3) is 0 Å². The van der Waals surface area contributed by atoms with E-state index in [-0.39, 0.29) is 24.4 Å². The van der Waals surface area contributed by atoms with Crippen molar-refractivity contribution >= 4 is 11.8 Å². The molecular weight excluding hydrogens is 252 g/mol. The van der Waals surface area contributed by atoms with Crippen LogP contribution in [0, 0.1) is 5.92 Å². The van der Waals surface area contributed by atoms with Crippen LogP contribution in [0.3, 0.4) is 0 Å². The number of nitrogens with one attached hydrogen (secondary N) is 1. The highest BCUT2D eigenvalue weighted by Gasteiger charge is 2.35. The molecule has 0 saturated carbocycles. The molecule has 20 heavy (non-hydrogen) atoms. The summed E-state index contributed by atoms with van der Waals surface area (Å²) in [5.74, 6) is 0.399. The standard InChI is InChI=1S/C16H22N2O2/c1-11(2)9-12(3)18-10-14(19)17-15(16(18)20)13-7-5-4-6-8-13/h4-8,11-12,15H,9-10H2,1-3H3,(H,17,19). The second-order valence-electron chi connectivity index (χ2n) is 5.86. The minimum absolute atomic E-state index is 0.0102. The van der Waals surface area contributed by atoms with Crippen LogP contribution >= 0.6 is 0 Å².